The third kappa shape index (κ3) is 5.14. The second kappa shape index (κ2) is 9.96. The van der Waals surface area contributed by atoms with E-state index < -0.39 is 19.8 Å². The first kappa shape index (κ1) is 23.9. The number of imidazole rings is 1. The van der Waals surface area contributed by atoms with Gasteiger partial charge in [0.1, 0.15) is 11.8 Å². The highest BCUT2D eigenvalue weighted by Crippen LogP contribution is 2.48. The number of methoxy groups -OCH3 is 2. The highest BCUT2D eigenvalue weighted by Gasteiger charge is 2.37. The number of para-hydroxylation sites is 1. The normalized spacial score (nSPS) is 20.2. The van der Waals surface area contributed by atoms with Gasteiger partial charge >= 0.3 is 13.7 Å². The third-order valence-electron chi connectivity index (χ3n) is 5.56. The summed E-state index contributed by atoms with van der Waals surface area (Å²) in [7, 11) is -1.10. The summed E-state index contributed by atoms with van der Waals surface area (Å²) in [5.74, 6) is 0.331. The molecule has 2 atom stereocenters. The van der Waals surface area contributed by atoms with Crippen LogP contribution < -0.4 is 20.1 Å². The Bertz CT molecular complexity index is 1200. The highest BCUT2D eigenvalue weighted by atomic mass is 31.2. The van der Waals surface area contributed by atoms with Crippen molar-refractivity contribution in [1.29, 1.82) is 0 Å². The van der Waals surface area contributed by atoms with Gasteiger partial charge in [0, 0.05) is 6.04 Å². The zero-order valence-electron chi connectivity index (χ0n) is 19.1. The van der Waals surface area contributed by atoms with Crippen molar-refractivity contribution in [2.24, 2.45) is 5.92 Å². The molecule has 1 aliphatic carbocycles. The molecule has 1 aromatic carbocycles. The maximum absolute atomic E-state index is 13.4. The van der Waals surface area contributed by atoms with Crippen LogP contribution in [0.1, 0.15) is 25.8 Å². The number of fused-ring (bicyclic) bond motifs is 1. The molecular formula is C21H27N6O6P. The molecule has 0 bridgehead atoms. The molecule has 34 heavy (non-hydrogen) atoms. The molecule has 4 rings (SSSR count). The van der Waals surface area contributed by atoms with Gasteiger partial charge in [-0.05, 0) is 37.8 Å². The lowest BCUT2D eigenvalue weighted by Gasteiger charge is -2.36. The molecule has 182 valence electrons. The number of carbonyl (C=O) groups is 1. The second-order valence-electron chi connectivity index (χ2n) is 7.98. The molecule has 0 radical (unpaired) electrons. The molecule has 0 amide bonds. The molecule has 13 heteroatoms. The molecular weight excluding hydrogens is 463 g/mol. The largest absolute Gasteiger partial charge is 0.479 e. The number of hydrogen-bond acceptors (Lipinski definition) is 10. The molecule has 0 spiro atoms. The fourth-order valence-corrected chi connectivity index (χ4v) is 5.33. The molecule has 1 aliphatic rings. The van der Waals surface area contributed by atoms with Gasteiger partial charge in [-0.25, -0.2) is 9.55 Å². The summed E-state index contributed by atoms with van der Waals surface area (Å²) in [6.07, 6.45) is 3.18. The van der Waals surface area contributed by atoms with Crippen LogP contribution in [0, 0.1) is 5.92 Å². The van der Waals surface area contributed by atoms with Crippen molar-refractivity contribution in [3.8, 4) is 11.6 Å². The van der Waals surface area contributed by atoms with Crippen LogP contribution in [0.2, 0.25) is 0 Å². The third-order valence-corrected chi connectivity index (χ3v) is 7.20. The van der Waals surface area contributed by atoms with E-state index in [1.807, 2.05) is 10.6 Å². The van der Waals surface area contributed by atoms with E-state index in [1.165, 1.54) is 21.1 Å². The average Bonchev–Trinajstić information content (AvgIpc) is 3.20. The standard InChI is InChI=1S/C21H27N6O6P/c1-13(20(28)31-3)26-34(29,33-16-7-5-4-6-8-16)32-11-14-9-15(10-14)27-12-23-17-18(27)24-21(22)25-19(17)30-2/h4-8,12-15H,9-11H2,1-3H3,(H,26,29)(H2,22,24,25)/t13-,14-,15+,34?/m0/s1. The minimum Gasteiger partial charge on any atom is -0.479 e. The number of esters is 1. The van der Waals surface area contributed by atoms with E-state index in [-0.39, 0.29) is 24.5 Å². The van der Waals surface area contributed by atoms with Crippen LogP contribution in [0.15, 0.2) is 36.7 Å². The smallest absolute Gasteiger partial charge is 0.459 e. The van der Waals surface area contributed by atoms with Gasteiger partial charge in [0.2, 0.25) is 11.8 Å². The molecule has 0 saturated heterocycles. The Balaban J connectivity index is 1.41. The number of nitrogens with one attached hydrogen (secondary N) is 1. The van der Waals surface area contributed by atoms with E-state index in [9.17, 15) is 9.36 Å². The minimum absolute atomic E-state index is 0.107. The lowest BCUT2D eigenvalue weighted by molar-refractivity contribution is -0.142. The maximum atomic E-state index is 13.4. The summed E-state index contributed by atoms with van der Waals surface area (Å²) in [5.41, 5.74) is 6.93. The summed E-state index contributed by atoms with van der Waals surface area (Å²) in [6, 6.07) is 7.87. The fraction of sp³-hybridized carbons (Fsp3) is 0.429. The van der Waals surface area contributed by atoms with E-state index in [2.05, 4.69) is 20.0 Å². The number of nitrogen functional groups attached to an aromatic ring is 1. The molecule has 12 nitrogen and oxygen atoms in total. The van der Waals surface area contributed by atoms with Gasteiger partial charge in [-0.3, -0.25) is 9.32 Å². The molecule has 2 aromatic heterocycles. The van der Waals surface area contributed by atoms with Gasteiger partial charge in [-0.1, -0.05) is 18.2 Å². The monoisotopic (exact) mass is 490 g/mol. The van der Waals surface area contributed by atoms with Crippen molar-refractivity contribution in [1.82, 2.24) is 24.6 Å². The van der Waals surface area contributed by atoms with Crippen molar-refractivity contribution >= 4 is 30.8 Å². The number of ether oxygens (including phenoxy) is 2. The van der Waals surface area contributed by atoms with Crippen LogP contribution in [0.25, 0.3) is 11.2 Å². The van der Waals surface area contributed by atoms with Crippen molar-refractivity contribution in [2.75, 3.05) is 26.6 Å². The summed E-state index contributed by atoms with van der Waals surface area (Å²) < 4.78 is 36.7. The fourth-order valence-electron chi connectivity index (χ4n) is 3.76. The van der Waals surface area contributed by atoms with Crippen molar-refractivity contribution in [3.63, 3.8) is 0 Å². The van der Waals surface area contributed by atoms with Crippen LogP contribution in [-0.4, -0.2) is 52.4 Å². The van der Waals surface area contributed by atoms with Crippen molar-refractivity contribution in [2.45, 2.75) is 31.8 Å². The number of aromatic nitrogens is 4. The Morgan fingerprint density at radius 2 is 2.00 bits per heavy atom. The van der Waals surface area contributed by atoms with Gasteiger partial charge < -0.3 is 24.3 Å². The van der Waals surface area contributed by atoms with Gasteiger partial charge in [-0.15, -0.1) is 0 Å². The van der Waals surface area contributed by atoms with Gasteiger partial charge in [0.25, 0.3) is 0 Å². The first-order valence-electron chi connectivity index (χ1n) is 10.7. The highest BCUT2D eigenvalue weighted by molar-refractivity contribution is 7.52. The number of rotatable bonds is 10. The molecule has 3 N–H and O–H groups in total. The Kier molecular flexibility index (Phi) is 7.01. The first-order chi connectivity index (χ1) is 16.3. The lowest BCUT2D eigenvalue weighted by atomic mass is 9.81. The summed E-state index contributed by atoms with van der Waals surface area (Å²) >= 11 is 0. The topological polar surface area (TPSA) is 153 Å². The van der Waals surface area contributed by atoms with Crippen LogP contribution in [0.3, 0.4) is 0 Å². The summed E-state index contributed by atoms with van der Waals surface area (Å²) in [6.45, 7) is 1.70. The van der Waals surface area contributed by atoms with Crippen LogP contribution in [0.4, 0.5) is 5.95 Å². The molecule has 2 heterocycles. The quantitative estimate of drug-likeness (QED) is 0.319. The number of anilines is 1. The molecule has 1 fully saturated rings. The Morgan fingerprint density at radius 3 is 2.68 bits per heavy atom. The number of benzene rings is 1. The summed E-state index contributed by atoms with van der Waals surface area (Å²) in [4.78, 5) is 24.5. The van der Waals surface area contributed by atoms with Gasteiger partial charge in [0.05, 0.1) is 27.2 Å². The lowest BCUT2D eigenvalue weighted by Crippen LogP contribution is -2.36. The molecule has 0 aliphatic heterocycles. The van der Waals surface area contributed by atoms with Gasteiger partial charge in [-0.2, -0.15) is 15.1 Å². The van der Waals surface area contributed by atoms with Crippen molar-refractivity contribution in [3.05, 3.63) is 36.7 Å². The first-order valence-corrected chi connectivity index (χ1v) is 12.2. The van der Waals surface area contributed by atoms with Crippen LogP contribution in [0.5, 0.6) is 11.6 Å². The number of carbonyl (C=O) groups excluding carboxylic acids is 1. The molecule has 3 aromatic rings. The van der Waals surface area contributed by atoms with E-state index in [0.29, 0.717) is 22.8 Å². The Hall–Kier alpha value is -3.21. The summed E-state index contributed by atoms with van der Waals surface area (Å²) in [5, 5.41) is 2.65. The van der Waals surface area contributed by atoms with E-state index >= 15 is 0 Å². The van der Waals surface area contributed by atoms with Crippen LogP contribution >= 0.6 is 7.75 Å². The number of hydrogen-bond donors (Lipinski definition) is 2. The van der Waals surface area contributed by atoms with E-state index in [4.69, 9.17) is 24.3 Å². The average molecular weight is 490 g/mol. The number of nitrogens with two attached hydrogens (primary N) is 1. The predicted molar refractivity (Wildman–Crippen MR) is 123 cm³/mol. The Morgan fingerprint density at radius 1 is 1.26 bits per heavy atom. The van der Waals surface area contributed by atoms with Crippen LogP contribution in [-0.2, 0) is 18.6 Å². The predicted octanol–water partition coefficient (Wildman–Crippen LogP) is 2.72. The maximum Gasteiger partial charge on any atom is 0.459 e. The van der Waals surface area contributed by atoms with Crippen molar-refractivity contribution < 1.29 is 27.9 Å². The number of nitrogens with zero attached hydrogens (tertiary/aromatic N) is 4. The van der Waals surface area contributed by atoms with E-state index in [0.717, 1.165) is 12.8 Å². The molecule has 1 unspecified atom stereocenters. The second-order valence-corrected chi connectivity index (χ2v) is 9.67. The van der Waals surface area contributed by atoms with Gasteiger partial charge in [0.15, 0.2) is 11.2 Å². The molecule has 1 saturated carbocycles. The zero-order valence-corrected chi connectivity index (χ0v) is 20.0. The SMILES string of the molecule is COC(=O)[C@H](C)NP(=O)(OC[C@H]1C[C@@H](n2cnc3c(OC)nc(N)nc32)C1)Oc1ccccc1. The minimum atomic E-state index is -3.86. The van der Waals surface area contributed by atoms with E-state index in [1.54, 1.807) is 30.6 Å². The Labute approximate surface area is 196 Å². The zero-order chi connectivity index (χ0) is 24.3.